The maximum absolute atomic E-state index is 12.9. The first kappa shape index (κ1) is 22.9. The summed E-state index contributed by atoms with van der Waals surface area (Å²) >= 11 is 0. The number of nitrogens with zero attached hydrogens (tertiary/aromatic N) is 3. The van der Waals surface area contributed by atoms with Crippen molar-refractivity contribution in [3.8, 4) is 17.2 Å². The van der Waals surface area contributed by atoms with Crippen molar-refractivity contribution in [2.24, 2.45) is 0 Å². The van der Waals surface area contributed by atoms with Gasteiger partial charge in [0, 0.05) is 11.7 Å². The van der Waals surface area contributed by atoms with Gasteiger partial charge in [0.25, 0.3) is 5.91 Å². The number of hydrogen-bond donors (Lipinski definition) is 1. The Morgan fingerprint density at radius 2 is 1.94 bits per heavy atom. The highest BCUT2D eigenvalue weighted by atomic mass is 19.3. The summed E-state index contributed by atoms with van der Waals surface area (Å²) in [6.07, 6.45) is 3.02. The second-order valence-electron chi connectivity index (χ2n) is 7.48. The third-order valence-electron chi connectivity index (χ3n) is 4.75. The number of furan rings is 1. The van der Waals surface area contributed by atoms with E-state index in [-0.39, 0.29) is 17.4 Å². The van der Waals surface area contributed by atoms with Crippen LogP contribution in [-0.2, 0) is 9.53 Å². The van der Waals surface area contributed by atoms with Gasteiger partial charge in [-0.2, -0.15) is 13.9 Å². The van der Waals surface area contributed by atoms with Gasteiger partial charge >= 0.3 is 12.6 Å². The fourth-order valence-electron chi connectivity index (χ4n) is 3.24. The highest BCUT2D eigenvalue weighted by Gasteiger charge is 2.21. The number of hydrogen-bond acceptors (Lipinski definition) is 7. The van der Waals surface area contributed by atoms with E-state index in [9.17, 15) is 18.4 Å². The lowest BCUT2D eigenvalue weighted by atomic mass is 10.1. The molecule has 0 fully saturated rings. The molecule has 0 saturated carbocycles. The summed E-state index contributed by atoms with van der Waals surface area (Å²) in [7, 11) is 0. The molecule has 3 heterocycles. The monoisotopic (exact) mass is 470 g/mol. The van der Waals surface area contributed by atoms with Crippen molar-refractivity contribution >= 4 is 28.6 Å². The van der Waals surface area contributed by atoms with Gasteiger partial charge in [-0.1, -0.05) is 0 Å². The van der Waals surface area contributed by atoms with E-state index in [1.807, 2.05) is 13.8 Å². The number of rotatable bonds is 8. The van der Waals surface area contributed by atoms with E-state index in [1.165, 1.54) is 42.8 Å². The molecule has 1 N–H and O–H groups in total. The van der Waals surface area contributed by atoms with Crippen molar-refractivity contribution in [2.75, 3.05) is 11.9 Å². The fraction of sp³-hybridized carbons (Fsp3) is 0.217. The molecule has 1 aromatic carbocycles. The van der Waals surface area contributed by atoms with Gasteiger partial charge in [0.05, 0.1) is 23.4 Å². The Morgan fingerprint density at radius 3 is 2.59 bits per heavy atom. The Morgan fingerprint density at radius 1 is 1.18 bits per heavy atom. The first-order valence-electron chi connectivity index (χ1n) is 10.3. The molecule has 0 saturated heterocycles. The van der Waals surface area contributed by atoms with Crippen LogP contribution in [0.15, 0.2) is 59.3 Å². The average molecular weight is 470 g/mol. The Balaban J connectivity index is 1.49. The van der Waals surface area contributed by atoms with Crippen LogP contribution in [0.25, 0.3) is 22.5 Å². The highest BCUT2D eigenvalue weighted by molar-refractivity contribution is 6.04. The Kier molecular flexibility index (Phi) is 6.53. The highest BCUT2D eigenvalue weighted by Crippen LogP contribution is 2.27. The maximum Gasteiger partial charge on any atom is 0.387 e. The molecule has 0 radical (unpaired) electrons. The molecule has 0 aliphatic rings. The van der Waals surface area contributed by atoms with Gasteiger partial charge in [0.1, 0.15) is 11.4 Å². The minimum atomic E-state index is -2.94. The number of ether oxygens (including phenoxy) is 2. The zero-order valence-electron chi connectivity index (χ0n) is 18.2. The van der Waals surface area contributed by atoms with Crippen LogP contribution < -0.4 is 10.1 Å². The first-order valence-corrected chi connectivity index (χ1v) is 10.3. The van der Waals surface area contributed by atoms with Crippen molar-refractivity contribution in [1.82, 2.24) is 14.8 Å². The van der Waals surface area contributed by atoms with Crippen molar-refractivity contribution in [2.45, 2.75) is 26.5 Å². The quantitative estimate of drug-likeness (QED) is 0.373. The minimum absolute atomic E-state index is 0.0102. The minimum Gasteiger partial charge on any atom is -0.463 e. The fourth-order valence-corrected chi connectivity index (χ4v) is 3.24. The molecule has 0 atom stereocenters. The summed E-state index contributed by atoms with van der Waals surface area (Å²) in [4.78, 5) is 29.7. The van der Waals surface area contributed by atoms with Crippen molar-refractivity contribution in [3.63, 3.8) is 0 Å². The van der Waals surface area contributed by atoms with Crippen LogP contribution in [0.5, 0.6) is 5.75 Å². The predicted octanol–water partition coefficient (Wildman–Crippen LogP) is 4.67. The van der Waals surface area contributed by atoms with Crippen LogP contribution in [-0.4, -0.2) is 39.9 Å². The Bertz CT molecular complexity index is 1300. The van der Waals surface area contributed by atoms with E-state index in [4.69, 9.17) is 9.15 Å². The number of esters is 1. The number of anilines is 1. The number of pyridine rings is 1. The lowest BCUT2D eigenvalue weighted by Gasteiger charge is -2.10. The Labute approximate surface area is 192 Å². The van der Waals surface area contributed by atoms with Crippen LogP contribution in [0.2, 0.25) is 0 Å². The third kappa shape index (κ3) is 5.03. The van der Waals surface area contributed by atoms with Gasteiger partial charge in [-0.15, -0.1) is 0 Å². The van der Waals surface area contributed by atoms with Crippen molar-refractivity contribution < 1.29 is 32.3 Å². The molecule has 0 bridgehead atoms. The summed E-state index contributed by atoms with van der Waals surface area (Å²) < 4.78 is 41.0. The van der Waals surface area contributed by atoms with Gasteiger partial charge in [0.2, 0.25) is 0 Å². The number of amides is 1. The SMILES string of the molecule is CC(C)n1ncc2c(C(=O)OCC(=O)Nc3ccc(OC(F)F)cc3)cc(-c3ccco3)nc21. The number of nitrogens with one attached hydrogen (secondary N) is 1. The zero-order valence-corrected chi connectivity index (χ0v) is 18.2. The van der Waals surface area contributed by atoms with E-state index < -0.39 is 25.1 Å². The normalized spacial score (nSPS) is 11.2. The van der Waals surface area contributed by atoms with E-state index in [0.29, 0.717) is 28.2 Å². The molecule has 11 heteroatoms. The number of carbonyl (C=O) groups excluding carboxylic acids is 2. The van der Waals surface area contributed by atoms with Crippen molar-refractivity contribution in [3.05, 3.63) is 60.5 Å². The molecule has 176 valence electrons. The van der Waals surface area contributed by atoms with Gasteiger partial charge in [0.15, 0.2) is 18.0 Å². The summed E-state index contributed by atoms with van der Waals surface area (Å²) in [5, 5.41) is 7.31. The number of fused-ring (bicyclic) bond motifs is 1. The second-order valence-corrected chi connectivity index (χ2v) is 7.48. The lowest BCUT2D eigenvalue weighted by Crippen LogP contribution is -2.21. The average Bonchev–Trinajstić information content (AvgIpc) is 3.48. The first-order chi connectivity index (χ1) is 16.3. The zero-order chi connectivity index (χ0) is 24.2. The van der Waals surface area contributed by atoms with E-state index in [2.05, 4.69) is 20.1 Å². The smallest absolute Gasteiger partial charge is 0.387 e. The molecular formula is C23H20F2N4O5. The summed E-state index contributed by atoms with van der Waals surface area (Å²) in [5.74, 6) is -0.926. The number of alkyl halides is 2. The topological polar surface area (TPSA) is 108 Å². The largest absolute Gasteiger partial charge is 0.463 e. The predicted molar refractivity (Wildman–Crippen MR) is 118 cm³/mol. The maximum atomic E-state index is 12.9. The van der Waals surface area contributed by atoms with Gasteiger partial charge < -0.3 is 19.2 Å². The third-order valence-corrected chi connectivity index (χ3v) is 4.75. The van der Waals surface area contributed by atoms with E-state index in [0.717, 1.165) is 0 Å². The van der Waals surface area contributed by atoms with E-state index >= 15 is 0 Å². The lowest BCUT2D eigenvalue weighted by molar-refractivity contribution is -0.119. The summed E-state index contributed by atoms with van der Waals surface area (Å²) in [6, 6.07) is 10.3. The number of carbonyl (C=O) groups is 2. The molecule has 4 rings (SSSR count). The molecule has 9 nitrogen and oxygen atoms in total. The second kappa shape index (κ2) is 9.69. The van der Waals surface area contributed by atoms with Crippen LogP contribution in [0, 0.1) is 0 Å². The molecule has 1 amide bonds. The molecular weight excluding hydrogens is 450 g/mol. The van der Waals surface area contributed by atoms with Crippen LogP contribution in [0.3, 0.4) is 0 Å². The molecule has 0 aliphatic carbocycles. The summed E-state index contributed by atoms with van der Waals surface area (Å²) in [6.45, 7) is 0.358. The number of halogens is 2. The van der Waals surface area contributed by atoms with Gasteiger partial charge in [-0.25, -0.2) is 14.5 Å². The van der Waals surface area contributed by atoms with Gasteiger partial charge in [-0.05, 0) is 56.3 Å². The van der Waals surface area contributed by atoms with Crippen molar-refractivity contribution in [1.29, 1.82) is 0 Å². The number of aromatic nitrogens is 3. The Hall–Kier alpha value is -4.28. The molecule has 4 aromatic rings. The van der Waals surface area contributed by atoms with Crippen LogP contribution in [0.1, 0.15) is 30.2 Å². The van der Waals surface area contributed by atoms with Crippen LogP contribution in [0.4, 0.5) is 14.5 Å². The molecule has 0 aliphatic heterocycles. The molecule has 34 heavy (non-hydrogen) atoms. The molecule has 0 unspecified atom stereocenters. The number of benzene rings is 1. The standard InChI is InChI=1S/C23H20F2N4O5/c1-13(2)29-21-17(11-26-29)16(10-18(28-21)19-4-3-9-32-19)22(31)33-12-20(30)27-14-5-7-15(8-6-14)34-23(24)25/h3-11,13,23H,12H2,1-2H3,(H,27,30). The van der Waals surface area contributed by atoms with E-state index in [1.54, 1.807) is 16.8 Å². The summed E-state index contributed by atoms with van der Waals surface area (Å²) in [5.41, 5.74) is 1.41. The van der Waals surface area contributed by atoms with Crippen LogP contribution >= 0.6 is 0 Å². The molecule has 3 aromatic heterocycles. The van der Waals surface area contributed by atoms with Gasteiger partial charge in [-0.3, -0.25) is 4.79 Å². The molecule has 0 spiro atoms.